The number of hydrogen-bond acceptors (Lipinski definition) is 6. The van der Waals surface area contributed by atoms with Crippen molar-refractivity contribution in [2.45, 2.75) is 31.1 Å². The molecular formula is C26H30N2O5. The number of methoxy groups -OCH3 is 3. The first-order valence-corrected chi connectivity index (χ1v) is 11.0. The second-order valence-corrected chi connectivity index (χ2v) is 8.57. The molecule has 2 aliphatic rings. The van der Waals surface area contributed by atoms with E-state index in [1.165, 1.54) is 0 Å². The summed E-state index contributed by atoms with van der Waals surface area (Å²) in [6.45, 7) is 0. The van der Waals surface area contributed by atoms with Crippen molar-refractivity contribution in [1.29, 1.82) is 0 Å². The van der Waals surface area contributed by atoms with Gasteiger partial charge in [0.25, 0.3) is 0 Å². The van der Waals surface area contributed by atoms with Crippen LogP contribution in [0.15, 0.2) is 53.7 Å². The van der Waals surface area contributed by atoms with Gasteiger partial charge in [0.15, 0.2) is 17.3 Å². The Hall–Kier alpha value is -3.32. The Balaban J connectivity index is 1.85. The molecule has 0 radical (unpaired) electrons. The Morgan fingerprint density at radius 3 is 2.03 bits per heavy atom. The maximum atomic E-state index is 13.6. The van der Waals surface area contributed by atoms with Gasteiger partial charge in [-0.3, -0.25) is 9.59 Å². The predicted octanol–water partition coefficient (Wildman–Crippen LogP) is 3.91. The van der Waals surface area contributed by atoms with Gasteiger partial charge in [0.2, 0.25) is 11.7 Å². The van der Waals surface area contributed by atoms with E-state index in [1.54, 1.807) is 31.3 Å². The molecule has 0 spiro atoms. The average molecular weight is 451 g/mol. The monoisotopic (exact) mass is 450 g/mol. The summed E-state index contributed by atoms with van der Waals surface area (Å²) in [6.07, 6.45) is 1.23. The van der Waals surface area contributed by atoms with Gasteiger partial charge >= 0.3 is 0 Å². The van der Waals surface area contributed by atoms with Crippen LogP contribution in [-0.4, -0.2) is 57.1 Å². The molecular weight excluding hydrogens is 420 g/mol. The molecule has 2 aromatic carbocycles. The molecule has 2 aromatic rings. The van der Waals surface area contributed by atoms with E-state index in [0.717, 1.165) is 16.8 Å². The van der Waals surface area contributed by atoms with Crippen molar-refractivity contribution in [3.05, 3.63) is 64.9 Å². The van der Waals surface area contributed by atoms with Crippen LogP contribution in [0.2, 0.25) is 0 Å². The highest BCUT2D eigenvalue weighted by Crippen LogP contribution is 2.48. The summed E-state index contributed by atoms with van der Waals surface area (Å²) in [7, 11) is 8.33. The second kappa shape index (κ2) is 9.27. The first kappa shape index (κ1) is 22.9. The van der Waals surface area contributed by atoms with E-state index in [0.29, 0.717) is 35.7 Å². The van der Waals surface area contributed by atoms with Crippen LogP contribution < -0.4 is 14.2 Å². The van der Waals surface area contributed by atoms with Crippen LogP contribution in [-0.2, 0) is 9.59 Å². The molecule has 2 atom stereocenters. The highest BCUT2D eigenvalue weighted by atomic mass is 16.5. The third-order valence-corrected chi connectivity index (χ3v) is 6.46. The zero-order chi connectivity index (χ0) is 23.7. The minimum Gasteiger partial charge on any atom is -0.493 e. The lowest BCUT2D eigenvalue weighted by molar-refractivity contribution is -0.143. The molecule has 1 heterocycles. The summed E-state index contributed by atoms with van der Waals surface area (Å²) in [5, 5.41) is 3.43. The van der Waals surface area contributed by atoms with Crippen molar-refractivity contribution in [3.8, 4) is 17.2 Å². The van der Waals surface area contributed by atoms with Gasteiger partial charge in [-0.2, -0.15) is 0 Å². The Morgan fingerprint density at radius 1 is 0.848 bits per heavy atom. The fourth-order valence-corrected chi connectivity index (χ4v) is 5.03. The third-order valence-electron chi connectivity index (χ3n) is 6.46. The van der Waals surface area contributed by atoms with Crippen molar-refractivity contribution in [1.82, 2.24) is 10.0 Å². The molecule has 174 valence electrons. The molecule has 1 amide bonds. The van der Waals surface area contributed by atoms with E-state index in [2.05, 4.69) is 0 Å². The number of hydrazine groups is 1. The number of ether oxygens (including phenoxy) is 3. The molecule has 4 rings (SSSR count). The number of allylic oxidation sites excluding steroid dienone is 2. The van der Waals surface area contributed by atoms with E-state index in [4.69, 9.17) is 14.2 Å². The summed E-state index contributed by atoms with van der Waals surface area (Å²) in [5.74, 6) is 1.17. The van der Waals surface area contributed by atoms with Crippen molar-refractivity contribution in [2.24, 2.45) is 0 Å². The number of amides is 1. The zero-order valence-electron chi connectivity index (χ0n) is 19.8. The Bertz CT molecular complexity index is 1070. The summed E-state index contributed by atoms with van der Waals surface area (Å²) in [4.78, 5) is 26.9. The number of rotatable bonds is 6. The zero-order valence-corrected chi connectivity index (χ0v) is 19.8. The minimum atomic E-state index is -0.373. The quantitative estimate of drug-likeness (QED) is 0.665. The van der Waals surface area contributed by atoms with Gasteiger partial charge in [-0.25, -0.2) is 10.0 Å². The number of hydrogen-bond donors (Lipinski definition) is 0. The molecule has 0 fully saturated rings. The van der Waals surface area contributed by atoms with Gasteiger partial charge in [0, 0.05) is 44.1 Å². The molecule has 0 saturated carbocycles. The molecule has 0 unspecified atom stereocenters. The summed E-state index contributed by atoms with van der Waals surface area (Å²) >= 11 is 0. The lowest BCUT2D eigenvalue weighted by Gasteiger charge is -2.42. The van der Waals surface area contributed by atoms with Gasteiger partial charge in [0.1, 0.15) is 0 Å². The van der Waals surface area contributed by atoms with Crippen LogP contribution >= 0.6 is 0 Å². The van der Waals surface area contributed by atoms with Gasteiger partial charge < -0.3 is 14.2 Å². The molecule has 7 heteroatoms. The third kappa shape index (κ3) is 4.09. The van der Waals surface area contributed by atoms with Crippen molar-refractivity contribution < 1.29 is 23.8 Å². The minimum absolute atomic E-state index is 0.0337. The lowest BCUT2D eigenvalue weighted by Crippen LogP contribution is -2.47. The smallest absolute Gasteiger partial charge is 0.242 e. The molecule has 0 N–H and O–H groups in total. The van der Waals surface area contributed by atoms with E-state index in [-0.39, 0.29) is 29.9 Å². The van der Waals surface area contributed by atoms with Gasteiger partial charge in [-0.15, -0.1) is 0 Å². The van der Waals surface area contributed by atoms with Crippen LogP contribution in [0.25, 0.3) is 0 Å². The number of nitrogens with zero attached hydrogens (tertiary/aromatic N) is 2. The predicted molar refractivity (Wildman–Crippen MR) is 124 cm³/mol. The number of ketones is 1. The maximum Gasteiger partial charge on any atom is 0.242 e. The lowest BCUT2D eigenvalue weighted by atomic mass is 9.73. The van der Waals surface area contributed by atoms with Crippen LogP contribution in [0.1, 0.15) is 42.2 Å². The molecule has 7 nitrogen and oxygen atoms in total. The topological polar surface area (TPSA) is 68.3 Å². The number of carbonyl (C=O) groups excluding carboxylic acids is 2. The van der Waals surface area contributed by atoms with Crippen LogP contribution in [0.3, 0.4) is 0 Å². The summed E-state index contributed by atoms with van der Waals surface area (Å²) < 4.78 is 16.5. The largest absolute Gasteiger partial charge is 0.493 e. The number of Topliss-reactive ketones (excluding diaryl/α,β-unsaturated/α-hetero) is 1. The van der Waals surface area contributed by atoms with E-state index < -0.39 is 0 Å². The fraction of sp³-hybridized carbons (Fsp3) is 0.385. The first-order valence-electron chi connectivity index (χ1n) is 11.0. The Morgan fingerprint density at radius 2 is 1.48 bits per heavy atom. The molecule has 0 saturated heterocycles. The SMILES string of the molecule is COc1cc([C@@H]2CC(=O)N(N(C)C)C3=C2C(=O)C[C@@H](c2ccccc2)C3)cc(OC)c1OC. The first-order chi connectivity index (χ1) is 15.9. The van der Waals surface area contributed by atoms with Crippen molar-refractivity contribution in [3.63, 3.8) is 0 Å². The van der Waals surface area contributed by atoms with E-state index in [9.17, 15) is 9.59 Å². The van der Waals surface area contributed by atoms with Crippen molar-refractivity contribution in [2.75, 3.05) is 35.4 Å². The standard InChI is InChI=1S/C26H30N2O5/c1-27(2)28-20-11-17(16-9-7-6-8-10-16)12-21(29)25(20)19(15-24(28)30)18-13-22(31-3)26(33-5)23(14-18)32-4/h6-10,13-14,17,19H,11-12,15H2,1-5H3/t17-,19-/m0/s1. The molecule has 33 heavy (non-hydrogen) atoms. The second-order valence-electron chi connectivity index (χ2n) is 8.57. The highest BCUT2D eigenvalue weighted by Gasteiger charge is 2.43. The summed E-state index contributed by atoms with van der Waals surface area (Å²) in [6, 6.07) is 13.7. The Kier molecular flexibility index (Phi) is 6.42. The van der Waals surface area contributed by atoms with Crippen LogP contribution in [0.4, 0.5) is 0 Å². The molecule has 1 aliphatic carbocycles. The van der Waals surface area contributed by atoms with Crippen LogP contribution in [0, 0.1) is 0 Å². The van der Waals surface area contributed by atoms with Crippen LogP contribution in [0.5, 0.6) is 17.2 Å². The molecule has 0 bridgehead atoms. The number of benzene rings is 2. The van der Waals surface area contributed by atoms with Gasteiger partial charge in [-0.05, 0) is 35.6 Å². The molecule has 0 aromatic heterocycles. The highest BCUT2D eigenvalue weighted by molar-refractivity contribution is 6.02. The van der Waals surface area contributed by atoms with Gasteiger partial charge in [-0.1, -0.05) is 30.3 Å². The average Bonchev–Trinajstić information content (AvgIpc) is 2.82. The van der Waals surface area contributed by atoms with E-state index in [1.807, 2.05) is 56.6 Å². The molecule has 1 aliphatic heterocycles. The number of carbonyl (C=O) groups is 2. The normalized spacial score (nSPS) is 20.7. The van der Waals surface area contributed by atoms with E-state index >= 15 is 0 Å². The summed E-state index contributed by atoms with van der Waals surface area (Å²) in [5.41, 5.74) is 3.39. The van der Waals surface area contributed by atoms with Gasteiger partial charge in [0.05, 0.1) is 21.3 Å². The van der Waals surface area contributed by atoms with Crippen molar-refractivity contribution >= 4 is 11.7 Å². The fourth-order valence-electron chi connectivity index (χ4n) is 5.03. The maximum absolute atomic E-state index is 13.6. The Labute approximate surface area is 194 Å².